The molecule has 1 atom stereocenters. The van der Waals surface area contributed by atoms with Gasteiger partial charge in [0.1, 0.15) is 11.9 Å². The number of fused-ring (bicyclic) bond motifs is 7. The van der Waals surface area contributed by atoms with Crippen LogP contribution in [0.1, 0.15) is 54.1 Å². The van der Waals surface area contributed by atoms with Crippen molar-refractivity contribution in [3.05, 3.63) is 70.6 Å². The zero-order valence-electron chi connectivity index (χ0n) is 19.5. The zero-order valence-corrected chi connectivity index (χ0v) is 19.5. The minimum atomic E-state index is -0.473. The number of hydrogen-bond donors (Lipinski definition) is 1. The average Bonchev–Trinajstić information content (AvgIpc) is 3.46. The van der Waals surface area contributed by atoms with Crippen LogP contribution in [0.3, 0.4) is 0 Å². The molecule has 8 heteroatoms. The Bertz CT molecular complexity index is 1420. The van der Waals surface area contributed by atoms with Crippen LogP contribution in [0.15, 0.2) is 36.5 Å². The van der Waals surface area contributed by atoms with E-state index < -0.39 is 6.10 Å². The Morgan fingerprint density at radius 1 is 1.15 bits per heavy atom. The molecule has 1 aliphatic heterocycles. The minimum absolute atomic E-state index is 0.299. The highest BCUT2D eigenvalue weighted by molar-refractivity contribution is 5.69. The molecular weight excluding hydrogens is 431 g/mol. The first kappa shape index (κ1) is 20.9. The largest absolute Gasteiger partial charge is 0.482 e. The van der Waals surface area contributed by atoms with Crippen molar-refractivity contribution in [3.8, 4) is 22.7 Å². The molecule has 4 heterocycles. The Morgan fingerprint density at radius 3 is 2.76 bits per heavy atom. The molecule has 1 aromatic carbocycles. The lowest BCUT2D eigenvalue weighted by molar-refractivity contribution is 0.226. The van der Waals surface area contributed by atoms with E-state index in [0.29, 0.717) is 29.5 Å². The van der Waals surface area contributed by atoms with Gasteiger partial charge in [-0.05, 0) is 69.9 Å². The molecule has 3 aromatic heterocycles. The number of halogens is 1. The van der Waals surface area contributed by atoms with E-state index >= 15 is 0 Å². The number of nitrogen functional groups attached to an aromatic ring is 1. The normalized spacial score (nSPS) is 17.1. The molecule has 0 radical (unpaired) electrons. The van der Waals surface area contributed by atoms with Gasteiger partial charge >= 0.3 is 0 Å². The Kier molecular flexibility index (Phi) is 4.72. The second-order valence-corrected chi connectivity index (χ2v) is 9.47. The highest BCUT2D eigenvalue weighted by atomic mass is 19.1. The van der Waals surface area contributed by atoms with E-state index in [9.17, 15) is 4.39 Å². The highest BCUT2D eigenvalue weighted by Gasteiger charge is 2.28. The lowest BCUT2D eigenvalue weighted by atomic mass is 10.0. The number of aryl methyl sites for hydroxylation is 2. The highest BCUT2D eigenvalue weighted by Crippen LogP contribution is 2.38. The summed E-state index contributed by atoms with van der Waals surface area (Å²) in [5.74, 6) is 1.11. The van der Waals surface area contributed by atoms with Gasteiger partial charge in [0.05, 0.1) is 22.8 Å². The summed E-state index contributed by atoms with van der Waals surface area (Å²) in [5, 5.41) is 9.70. The van der Waals surface area contributed by atoms with Crippen molar-refractivity contribution < 1.29 is 9.13 Å². The van der Waals surface area contributed by atoms with E-state index in [1.54, 1.807) is 12.3 Å². The third-order valence-electron chi connectivity index (χ3n) is 6.76. The van der Waals surface area contributed by atoms with Crippen LogP contribution in [0.5, 0.6) is 5.75 Å². The molecule has 2 bridgehead atoms. The van der Waals surface area contributed by atoms with Gasteiger partial charge in [-0.25, -0.2) is 14.1 Å². The van der Waals surface area contributed by atoms with E-state index in [1.165, 1.54) is 25.0 Å². The van der Waals surface area contributed by atoms with Gasteiger partial charge in [0.15, 0.2) is 11.6 Å². The van der Waals surface area contributed by atoms with Gasteiger partial charge < -0.3 is 10.5 Å². The maximum atomic E-state index is 14.3. The first-order valence-electron chi connectivity index (χ1n) is 11.7. The predicted molar refractivity (Wildman–Crippen MR) is 127 cm³/mol. The molecule has 174 valence electrons. The average molecular weight is 459 g/mol. The molecule has 0 amide bonds. The fraction of sp³-hybridized carbons (Fsp3) is 0.346. The Labute approximate surface area is 197 Å². The zero-order chi connectivity index (χ0) is 23.6. The fourth-order valence-corrected chi connectivity index (χ4v) is 4.88. The second-order valence-electron chi connectivity index (χ2n) is 9.47. The Morgan fingerprint density at radius 2 is 1.97 bits per heavy atom. The topological polar surface area (TPSA) is 83.8 Å². The molecule has 0 unspecified atom stereocenters. The summed E-state index contributed by atoms with van der Waals surface area (Å²) in [4.78, 5) is 4.45. The summed E-state index contributed by atoms with van der Waals surface area (Å²) in [6, 6.07) is 8.74. The molecule has 4 aromatic rings. The van der Waals surface area contributed by atoms with Crippen molar-refractivity contribution in [3.63, 3.8) is 0 Å². The van der Waals surface area contributed by atoms with Crippen molar-refractivity contribution >= 4 is 5.82 Å². The molecule has 0 spiro atoms. The summed E-state index contributed by atoms with van der Waals surface area (Å²) in [6.07, 6.45) is 4.42. The molecule has 1 aliphatic carbocycles. The van der Waals surface area contributed by atoms with Crippen LogP contribution in [-0.4, -0.2) is 24.5 Å². The lowest BCUT2D eigenvalue weighted by Gasteiger charge is -2.22. The lowest BCUT2D eigenvalue weighted by Crippen LogP contribution is -2.14. The van der Waals surface area contributed by atoms with Crippen LogP contribution in [-0.2, 0) is 13.0 Å². The fourth-order valence-electron chi connectivity index (χ4n) is 4.88. The van der Waals surface area contributed by atoms with Gasteiger partial charge in [-0.1, -0.05) is 0 Å². The van der Waals surface area contributed by atoms with Gasteiger partial charge in [0.2, 0.25) is 0 Å². The smallest absolute Gasteiger partial charge is 0.166 e. The van der Waals surface area contributed by atoms with Crippen LogP contribution in [0, 0.1) is 25.6 Å². The number of nitrogens with two attached hydrogens (primary N) is 1. The molecule has 6 rings (SSSR count). The van der Waals surface area contributed by atoms with E-state index in [0.717, 1.165) is 46.1 Å². The number of pyridine rings is 1. The minimum Gasteiger partial charge on any atom is -0.482 e. The van der Waals surface area contributed by atoms with Gasteiger partial charge in [-0.15, -0.1) is 0 Å². The molecular formula is C26H27FN6O. The Hall–Kier alpha value is -3.68. The second kappa shape index (κ2) is 7.68. The maximum absolute atomic E-state index is 14.3. The summed E-state index contributed by atoms with van der Waals surface area (Å²) in [6.45, 7) is 6.79. The molecule has 1 fully saturated rings. The maximum Gasteiger partial charge on any atom is 0.166 e. The number of aromatic nitrogens is 5. The molecule has 2 N–H and O–H groups in total. The van der Waals surface area contributed by atoms with Crippen LogP contribution < -0.4 is 10.5 Å². The Balaban J connectivity index is 1.62. The van der Waals surface area contributed by atoms with Crippen LogP contribution in [0.4, 0.5) is 10.2 Å². The van der Waals surface area contributed by atoms with E-state index in [4.69, 9.17) is 20.7 Å². The quantitative estimate of drug-likeness (QED) is 0.461. The van der Waals surface area contributed by atoms with Crippen LogP contribution in [0.25, 0.3) is 16.9 Å². The SMILES string of the molecule is Cc1cc2n(n1)-c1ccc(F)cc1[C@@H](C)Oc1cc(cnc1N)-c1c(c(C)nn1CC1CC1)C2. The first-order valence-corrected chi connectivity index (χ1v) is 11.7. The predicted octanol–water partition coefficient (Wildman–Crippen LogP) is 4.92. The van der Waals surface area contributed by atoms with E-state index in [1.807, 2.05) is 24.6 Å². The van der Waals surface area contributed by atoms with Crippen LogP contribution >= 0.6 is 0 Å². The van der Waals surface area contributed by atoms with E-state index in [-0.39, 0.29) is 5.82 Å². The number of benzene rings is 1. The van der Waals surface area contributed by atoms with Crippen molar-refractivity contribution in [1.29, 1.82) is 0 Å². The summed E-state index contributed by atoms with van der Waals surface area (Å²) in [5.41, 5.74) is 13.6. The monoisotopic (exact) mass is 458 g/mol. The van der Waals surface area contributed by atoms with Gasteiger partial charge in [-0.3, -0.25) is 4.68 Å². The first-order chi connectivity index (χ1) is 16.4. The number of ether oxygens (including phenoxy) is 1. The molecule has 34 heavy (non-hydrogen) atoms. The van der Waals surface area contributed by atoms with Crippen molar-refractivity contribution in [1.82, 2.24) is 24.5 Å². The summed E-state index contributed by atoms with van der Waals surface area (Å²) in [7, 11) is 0. The third-order valence-corrected chi connectivity index (χ3v) is 6.76. The molecule has 2 aliphatic rings. The third kappa shape index (κ3) is 3.54. The molecule has 1 saturated carbocycles. The van der Waals surface area contributed by atoms with Crippen molar-refractivity contribution in [2.75, 3.05) is 5.73 Å². The van der Waals surface area contributed by atoms with Crippen LogP contribution in [0.2, 0.25) is 0 Å². The van der Waals surface area contributed by atoms with Gasteiger partial charge in [-0.2, -0.15) is 10.2 Å². The number of rotatable bonds is 2. The van der Waals surface area contributed by atoms with E-state index in [2.05, 4.69) is 22.7 Å². The van der Waals surface area contributed by atoms with Gasteiger partial charge in [0.25, 0.3) is 0 Å². The molecule has 0 saturated heterocycles. The molecule has 7 nitrogen and oxygen atoms in total. The standard InChI is InChI=1S/C26H27FN6O/c1-14-8-20-11-21-15(2)31-32(13-17-4-5-17)25(21)18-9-24(26(28)29-12-18)34-16(3)22-10-19(27)6-7-23(22)33(20)30-14/h6-10,12,16-17H,4-5,11,13H2,1-3H3,(H2,28,29)/t16-/m1/s1. The number of anilines is 1. The van der Waals surface area contributed by atoms with Gasteiger partial charge in [0, 0.05) is 41.5 Å². The summed E-state index contributed by atoms with van der Waals surface area (Å²) >= 11 is 0. The number of hydrogen-bond acceptors (Lipinski definition) is 5. The van der Waals surface area contributed by atoms with Crippen molar-refractivity contribution in [2.24, 2.45) is 5.92 Å². The number of nitrogens with zero attached hydrogens (tertiary/aromatic N) is 5. The summed E-state index contributed by atoms with van der Waals surface area (Å²) < 4.78 is 24.6. The van der Waals surface area contributed by atoms with Crippen molar-refractivity contribution in [2.45, 2.75) is 52.7 Å².